The smallest absolute Gasteiger partial charge is 0.352 e. The topological polar surface area (TPSA) is 92.9 Å². The number of carbonyl (C=O) groups is 2. The van der Waals surface area contributed by atoms with Gasteiger partial charge in [0.25, 0.3) is 0 Å². The van der Waals surface area contributed by atoms with Crippen molar-refractivity contribution in [1.82, 2.24) is 4.90 Å². The summed E-state index contributed by atoms with van der Waals surface area (Å²) in [5, 5.41) is 9.11. The maximum absolute atomic E-state index is 11.7. The minimum absolute atomic E-state index is 0. The SMILES string of the molecule is Cl.Cl.Cl.Cl.Cl.N[C@@H]1C(=O)N2C(C(=O)O)=C(C3CCCO3)CS[C@H]12.P. The minimum atomic E-state index is -1.06. The van der Waals surface area contributed by atoms with Crippen LogP contribution >= 0.6 is 83.7 Å². The Balaban J connectivity index is -0.000000333. The molecule has 0 spiro atoms. The molecule has 146 valence electrons. The van der Waals surface area contributed by atoms with Crippen LogP contribution in [0.2, 0.25) is 0 Å². The summed E-state index contributed by atoms with van der Waals surface area (Å²) in [5.74, 6) is -0.791. The van der Waals surface area contributed by atoms with E-state index in [1.807, 2.05) is 0 Å². The highest BCUT2D eigenvalue weighted by molar-refractivity contribution is 8.00. The zero-order chi connectivity index (χ0) is 12.9. The van der Waals surface area contributed by atoms with Crippen LogP contribution in [-0.4, -0.2) is 51.8 Å². The summed E-state index contributed by atoms with van der Waals surface area (Å²) in [4.78, 5) is 24.4. The average molecular weight is 487 g/mol. The van der Waals surface area contributed by atoms with Gasteiger partial charge in [-0.1, -0.05) is 0 Å². The largest absolute Gasteiger partial charge is 0.477 e. The summed E-state index contributed by atoms with van der Waals surface area (Å²) in [5.41, 5.74) is 6.50. The lowest BCUT2D eigenvalue weighted by Crippen LogP contribution is -2.68. The predicted octanol–water partition coefficient (Wildman–Crippen LogP) is 1.91. The number of carboxylic acids is 1. The zero-order valence-corrected chi connectivity index (χ0v) is 18.7. The summed E-state index contributed by atoms with van der Waals surface area (Å²) in [6, 6.07) is -0.574. The summed E-state index contributed by atoms with van der Waals surface area (Å²) >= 11 is 1.52. The van der Waals surface area contributed by atoms with Crippen molar-refractivity contribution in [2.75, 3.05) is 12.4 Å². The van der Waals surface area contributed by atoms with Gasteiger partial charge in [0, 0.05) is 12.4 Å². The summed E-state index contributed by atoms with van der Waals surface area (Å²) < 4.78 is 5.54. The molecule has 3 aliphatic heterocycles. The standard InChI is InChI=1S/C11H14N2O4S.5ClH.H3P/c12-7-9(14)13-8(11(15)16)5(4-18-10(7)13)6-2-1-3-17-6;;;;;;/h6-7,10H,1-4,12H2,(H,15,16);5*1H;1H3/t6?,7-,10-;;;;;;/m1....../s1. The van der Waals surface area contributed by atoms with Crippen molar-refractivity contribution in [2.24, 2.45) is 5.73 Å². The molecule has 0 radical (unpaired) electrons. The number of nitrogens with zero attached hydrogens (tertiary/aromatic N) is 1. The Morgan fingerprint density at radius 2 is 1.83 bits per heavy atom. The van der Waals surface area contributed by atoms with E-state index in [1.54, 1.807) is 0 Å². The third-order valence-corrected chi connectivity index (χ3v) is 4.88. The van der Waals surface area contributed by atoms with Gasteiger partial charge in [-0.2, -0.15) is 9.90 Å². The molecule has 2 unspecified atom stereocenters. The van der Waals surface area contributed by atoms with E-state index in [0.29, 0.717) is 12.4 Å². The summed E-state index contributed by atoms with van der Waals surface area (Å²) in [7, 11) is 0. The molecule has 13 heteroatoms. The van der Waals surface area contributed by atoms with Crippen molar-refractivity contribution >= 4 is 95.6 Å². The van der Waals surface area contributed by atoms with Crippen LogP contribution in [0.4, 0.5) is 0 Å². The highest BCUT2D eigenvalue weighted by atomic mass is 35.5. The van der Waals surface area contributed by atoms with Crippen molar-refractivity contribution in [3.05, 3.63) is 11.3 Å². The van der Waals surface area contributed by atoms with Crippen molar-refractivity contribution in [1.29, 1.82) is 0 Å². The first kappa shape index (κ1) is 32.5. The van der Waals surface area contributed by atoms with Crippen LogP contribution in [0.3, 0.4) is 0 Å². The van der Waals surface area contributed by atoms with Crippen LogP contribution in [0, 0.1) is 0 Å². The lowest BCUT2D eigenvalue weighted by Gasteiger charge is -2.48. The molecular weight excluding hydrogens is 464 g/mol. The van der Waals surface area contributed by atoms with Crippen LogP contribution < -0.4 is 5.73 Å². The number of thioether (sulfide) groups is 1. The molecule has 6 nitrogen and oxygen atoms in total. The molecule has 0 saturated carbocycles. The first-order valence-electron chi connectivity index (χ1n) is 5.89. The van der Waals surface area contributed by atoms with Gasteiger partial charge in [0.05, 0.1) is 6.10 Å². The van der Waals surface area contributed by atoms with Gasteiger partial charge in [-0.15, -0.1) is 73.8 Å². The maximum atomic E-state index is 11.7. The highest BCUT2D eigenvalue weighted by Crippen LogP contribution is 2.41. The van der Waals surface area contributed by atoms with Crippen LogP contribution in [0.1, 0.15) is 12.8 Å². The summed E-state index contributed by atoms with van der Waals surface area (Å²) in [6.07, 6.45) is 1.60. The molecule has 0 aromatic carbocycles. The first-order valence-corrected chi connectivity index (χ1v) is 6.94. The van der Waals surface area contributed by atoms with E-state index in [9.17, 15) is 14.7 Å². The van der Waals surface area contributed by atoms with Crippen molar-refractivity contribution in [2.45, 2.75) is 30.4 Å². The molecule has 0 bridgehead atoms. The van der Waals surface area contributed by atoms with Gasteiger partial charge in [-0.25, -0.2) is 4.79 Å². The minimum Gasteiger partial charge on any atom is -0.477 e. The number of carbonyl (C=O) groups excluding carboxylic acids is 1. The van der Waals surface area contributed by atoms with Crippen LogP contribution in [-0.2, 0) is 14.3 Å². The molecule has 24 heavy (non-hydrogen) atoms. The second-order valence-corrected chi connectivity index (χ2v) is 5.72. The molecular formula is C11H22Cl5N2O4PS. The third kappa shape index (κ3) is 5.41. The van der Waals surface area contributed by atoms with Crippen LogP contribution in [0.15, 0.2) is 11.3 Å². The molecule has 3 heterocycles. The van der Waals surface area contributed by atoms with E-state index in [1.165, 1.54) is 16.7 Å². The number of amides is 1. The summed E-state index contributed by atoms with van der Waals surface area (Å²) in [6.45, 7) is 0.655. The van der Waals surface area contributed by atoms with Gasteiger partial charge < -0.3 is 15.6 Å². The number of hydrogen-bond donors (Lipinski definition) is 2. The van der Waals surface area contributed by atoms with E-state index in [4.69, 9.17) is 10.5 Å². The molecule has 0 aromatic heterocycles. The van der Waals surface area contributed by atoms with Crippen molar-refractivity contribution in [3.8, 4) is 0 Å². The van der Waals surface area contributed by atoms with Gasteiger partial charge >= 0.3 is 5.97 Å². The molecule has 3 N–H and O–H groups in total. The lowest BCUT2D eigenvalue weighted by atomic mass is 10.00. The molecule has 0 aromatic rings. The molecule has 2 fully saturated rings. The van der Waals surface area contributed by atoms with Gasteiger partial charge in [0.2, 0.25) is 5.91 Å². The predicted molar refractivity (Wildman–Crippen MR) is 112 cm³/mol. The number of ether oxygens (including phenoxy) is 1. The Labute approximate surface area is 179 Å². The Hall–Kier alpha value is 0.830. The fraction of sp³-hybridized carbons (Fsp3) is 0.636. The fourth-order valence-electron chi connectivity index (χ4n) is 2.64. The van der Waals surface area contributed by atoms with E-state index in [-0.39, 0.29) is 95.0 Å². The van der Waals surface area contributed by atoms with Gasteiger partial charge in [-0.05, 0) is 18.4 Å². The van der Waals surface area contributed by atoms with E-state index < -0.39 is 12.0 Å². The quantitative estimate of drug-likeness (QED) is 0.458. The number of nitrogens with two attached hydrogens (primary N) is 1. The first-order chi connectivity index (χ1) is 8.61. The number of β-lactam (4-membered cyclic amide) rings is 1. The number of hydrogen-bond acceptors (Lipinski definition) is 5. The number of halogens is 5. The van der Waals surface area contributed by atoms with E-state index in [0.717, 1.165) is 18.4 Å². The Morgan fingerprint density at radius 3 is 2.29 bits per heavy atom. The van der Waals surface area contributed by atoms with E-state index >= 15 is 0 Å². The Bertz CT molecular complexity index is 468. The molecule has 0 aliphatic carbocycles. The van der Waals surface area contributed by atoms with Gasteiger partial charge in [0.15, 0.2) is 0 Å². The van der Waals surface area contributed by atoms with Gasteiger partial charge in [0.1, 0.15) is 17.1 Å². The number of fused-ring (bicyclic) bond motifs is 1. The zero-order valence-electron chi connectivity index (χ0n) is 12.4. The molecule has 3 rings (SSSR count). The Morgan fingerprint density at radius 1 is 1.25 bits per heavy atom. The van der Waals surface area contributed by atoms with Crippen LogP contribution in [0.5, 0.6) is 0 Å². The van der Waals surface area contributed by atoms with Crippen LogP contribution in [0.25, 0.3) is 0 Å². The fourth-order valence-corrected chi connectivity index (χ4v) is 3.99. The van der Waals surface area contributed by atoms with Gasteiger partial charge in [-0.3, -0.25) is 9.69 Å². The molecule has 4 atom stereocenters. The molecule has 2 saturated heterocycles. The lowest BCUT2D eigenvalue weighted by molar-refractivity contribution is -0.148. The second kappa shape index (κ2) is 13.1. The third-order valence-electron chi connectivity index (χ3n) is 3.56. The number of aliphatic carboxylic acids is 1. The normalized spacial score (nSPS) is 26.6. The van der Waals surface area contributed by atoms with Crippen molar-refractivity contribution < 1.29 is 19.4 Å². The second-order valence-electron chi connectivity index (χ2n) is 4.62. The maximum Gasteiger partial charge on any atom is 0.352 e. The Kier molecular flexibility index (Phi) is 17.7. The average Bonchev–Trinajstić information content (AvgIpc) is 2.89. The van der Waals surface area contributed by atoms with E-state index in [2.05, 4.69) is 0 Å². The number of carboxylic acid groups (broad SMARTS) is 1. The molecule has 3 aliphatic rings. The monoisotopic (exact) mass is 484 g/mol. The van der Waals surface area contributed by atoms with Crippen molar-refractivity contribution in [3.63, 3.8) is 0 Å². The molecule has 1 amide bonds. The number of rotatable bonds is 2. The highest BCUT2D eigenvalue weighted by Gasteiger charge is 2.52.